The zero-order valence-electron chi connectivity index (χ0n) is 25.8. The van der Waals surface area contributed by atoms with Gasteiger partial charge in [-0.2, -0.15) is 0 Å². The molecule has 1 aliphatic rings. The van der Waals surface area contributed by atoms with Gasteiger partial charge in [0.15, 0.2) is 0 Å². The minimum Gasteiger partial charge on any atom is -0.310 e. The highest BCUT2D eigenvalue weighted by molar-refractivity contribution is 6.11. The summed E-state index contributed by atoms with van der Waals surface area (Å²) < 4.78 is 2.36. The molecule has 0 saturated carbocycles. The fourth-order valence-electron chi connectivity index (χ4n) is 6.94. The Labute approximate surface area is 274 Å². The lowest BCUT2D eigenvalue weighted by Gasteiger charge is -2.26. The summed E-state index contributed by atoms with van der Waals surface area (Å²) in [6, 6.07) is 62.9. The standard InChI is InChI=1S/C44H31N3/c1-3-11-31(12-4-1)32-19-23-36(24-20-32)46(37-25-21-33(22-26-37)42-29-34-13-7-9-17-41(34)45-42)38-27-28-44-40(30-38)39-16-8-10-18-43(39)47(44)35-14-5-2-6-15-35/h1-28,30H,29H2. The number of aromatic nitrogens is 1. The van der Waals surface area contributed by atoms with Gasteiger partial charge in [-0.05, 0) is 89.0 Å². The average Bonchev–Trinajstić information content (AvgIpc) is 3.73. The second kappa shape index (κ2) is 11.3. The molecule has 0 aliphatic carbocycles. The second-order valence-electron chi connectivity index (χ2n) is 12.0. The maximum absolute atomic E-state index is 4.94. The van der Waals surface area contributed by atoms with Crippen LogP contribution < -0.4 is 4.90 Å². The lowest BCUT2D eigenvalue weighted by molar-refractivity contribution is 1.18. The number of benzene rings is 7. The average molecular weight is 602 g/mol. The van der Waals surface area contributed by atoms with Crippen LogP contribution in [0.4, 0.5) is 22.7 Å². The predicted octanol–water partition coefficient (Wildman–Crippen LogP) is 11.6. The highest BCUT2D eigenvalue weighted by atomic mass is 15.1. The Bertz CT molecular complexity index is 2400. The lowest BCUT2D eigenvalue weighted by atomic mass is 10.0. The summed E-state index contributed by atoms with van der Waals surface area (Å²) >= 11 is 0. The molecule has 0 N–H and O–H groups in total. The van der Waals surface area contributed by atoms with Gasteiger partial charge in [-0.25, -0.2) is 0 Å². The van der Waals surface area contributed by atoms with E-state index >= 15 is 0 Å². The molecule has 1 aromatic heterocycles. The molecule has 222 valence electrons. The molecule has 0 spiro atoms. The largest absolute Gasteiger partial charge is 0.310 e. The highest BCUT2D eigenvalue weighted by Crippen LogP contribution is 2.40. The molecule has 3 heteroatoms. The van der Waals surface area contributed by atoms with Crippen molar-refractivity contribution in [3.8, 4) is 16.8 Å². The number of hydrogen-bond acceptors (Lipinski definition) is 2. The summed E-state index contributed by atoms with van der Waals surface area (Å²) in [6.07, 6.45) is 0.863. The van der Waals surface area contributed by atoms with Crippen LogP contribution in [0.1, 0.15) is 11.1 Å². The van der Waals surface area contributed by atoms with Crippen molar-refractivity contribution in [2.75, 3.05) is 4.90 Å². The molecule has 8 aromatic rings. The summed E-state index contributed by atoms with van der Waals surface area (Å²) in [6.45, 7) is 0. The van der Waals surface area contributed by atoms with Crippen molar-refractivity contribution in [3.63, 3.8) is 0 Å². The molecule has 9 rings (SSSR count). The number of nitrogens with zero attached hydrogens (tertiary/aromatic N) is 3. The molecule has 3 nitrogen and oxygen atoms in total. The molecule has 0 fully saturated rings. The molecule has 0 unspecified atom stereocenters. The molecule has 7 aromatic carbocycles. The summed E-state index contributed by atoms with van der Waals surface area (Å²) in [5, 5.41) is 2.46. The molecule has 2 heterocycles. The first-order chi connectivity index (χ1) is 23.3. The maximum atomic E-state index is 4.94. The molecule has 47 heavy (non-hydrogen) atoms. The molecule has 0 saturated heterocycles. The SMILES string of the molecule is c1ccc(-c2ccc(N(c3ccc(C4=Nc5ccccc5C4)cc3)c3ccc4c(c3)c3ccccc3n4-c3ccccc3)cc2)cc1. The van der Waals surface area contributed by atoms with E-state index in [0.29, 0.717) is 0 Å². The third-order valence-corrected chi connectivity index (χ3v) is 9.23. The molecule has 0 radical (unpaired) electrons. The Morgan fingerprint density at radius 1 is 0.447 bits per heavy atom. The summed E-state index contributed by atoms with van der Waals surface area (Å²) in [7, 11) is 0. The van der Waals surface area contributed by atoms with Crippen molar-refractivity contribution >= 4 is 50.3 Å². The van der Waals surface area contributed by atoms with Crippen molar-refractivity contribution in [1.29, 1.82) is 0 Å². The molecule has 0 atom stereocenters. The van der Waals surface area contributed by atoms with Crippen LogP contribution in [0.5, 0.6) is 0 Å². The highest BCUT2D eigenvalue weighted by Gasteiger charge is 2.19. The summed E-state index contributed by atoms with van der Waals surface area (Å²) in [5.74, 6) is 0. The van der Waals surface area contributed by atoms with Gasteiger partial charge in [0.05, 0.1) is 22.4 Å². The molecular weight excluding hydrogens is 571 g/mol. The Hall–Kier alpha value is -6.19. The number of rotatable bonds is 6. The third kappa shape index (κ3) is 4.81. The molecule has 1 aliphatic heterocycles. The smallest absolute Gasteiger partial charge is 0.0669 e. The molecule has 0 amide bonds. The van der Waals surface area contributed by atoms with Gasteiger partial charge in [-0.3, -0.25) is 4.99 Å². The van der Waals surface area contributed by atoms with E-state index in [4.69, 9.17) is 4.99 Å². The van der Waals surface area contributed by atoms with Gasteiger partial charge < -0.3 is 9.47 Å². The lowest BCUT2D eigenvalue weighted by Crippen LogP contribution is -2.10. The Morgan fingerprint density at radius 3 is 1.77 bits per heavy atom. The fraction of sp³-hybridized carbons (Fsp3) is 0.0227. The monoisotopic (exact) mass is 601 g/mol. The molecule has 0 bridgehead atoms. The topological polar surface area (TPSA) is 20.5 Å². The van der Waals surface area contributed by atoms with Gasteiger partial charge in [-0.15, -0.1) is 0 Å². The van der Waals surface area contributed by atoms with Crippen molar-refractivity contribution in [2.45, 2.75) is 6.42 Å². The van der Waals surface area contributed by atoms with Crippen LogP contribution in [-0.2, 0) is 6.42 Å². The van der Waals surface area contributed by atoms with Crippen molar-refractivity contribution in [3.05, 3.63) is 187 Å². The normalized spacial score (nSPS) is 12.3. The van der Waals surface area contributed by atoms with Crippen LogP contribution in [0.3, 0.4) is 0 Å². The van der Waals surface area contributed by atoms with Gasteiger partial charge >= 0.3 is 0 Å². The Kier molecular flexibility index (Phi) is 6.53. The molecular formula is C44H31N3. The second-order valence-corrected chi connectivity index (χ2v) is 12.0. The number of para-hydroxylation sites is 3. The quantitative estimate of drug-likeness (QED) is 0.186. The van der Waals surface area contributed by atoms with Crippen molar-refractivity contribution in [2.24, 2.45) is 4.99 Å². The number of aliphatic imine (C=N–C) groups is 1. The van der Waals surface area contributed by atoms with Crippen LogP contribution in [-0.4, -0.2) is 10.3 Å². The van der Waals surface area contributed by atoms with E-state index in [2.05, 4.69) is 185 Å². The van der Waals surface area contributed by atoms with E-state index in [1.165, 1.54) is 38.5 Å². The number of fused-ring (bicyclic) bond motifs is 4. The van der Waals surface area contributed by atoms with Crippen LogP contribution in [0, 0.1) is 0 Å². The van der Waals surface area contributed by atoms with E-state index in [1.807, 2.05) is 0 Å². The van der Waals surface area contributed by atoms with Crippen molar-refractivity contribution < 1.29 is 0 Å². The first-order valence-electron chi connectivity index (χ1n) is 16.1. The van der Waals surface area contributed by atoms with Gasteiger partial charge in [0.1, 0.15) is 0 Å². The van der Waals surface area contributed by atoms with E-state index in [-0.39, 0.29) is 0 Å². The minimum absolute atomic E-state index is 0.863. The van der Waals surface area contributed by atoms with Gasteiger partial charge in [0, 0.05) is 39.9 Å². The summed E-state index contributed by atoms with van der Waals surface area (Å²) in [5.41, 5.74) is 13.9. The first-order valence-corrected chi connectivity index (χ1v) is 16.1. The van der Waals surface area contributed by atoms with E-state index in [9.17, 15) is 0 Å². The fourth-order valence-corrected chi connectivity index (χ4v) is 6.94. The van der Waals surface area contributed by atoms with Crippen LogP contribution >= 0.6 is 0 Å². The van der Waals surface area contributed by atoms with Crippen LogP contribution in [0.2, 0.25) is 0 Å². The predicted molar refractivity (Wildman–Crippen MR) is 197 cm³/mol. The zero-order valence-corrected chi connectivity index (χ0v) is 25.8. The van der Waals surface area contributed by atoms with Crippen LogP contribution in [0.25, 0.3) is 38.6 Å². The van der Waals surface area contributed by atoms with Crippen molar-refractivity contribution in [1.82, 2.24) is 4.57 Å². The summed E-state index contributed by atoms with van der Waals surface area (Å²) in [4.78, 5) is 7.30. The van der Waals surface area contributed by atoms with E-state index in [0.717, 1.165) is 46.1 Å². The number of hydrogen-bond donors (Lipinski definition) is 0. The van der Waals surface area contributed by atoms with Gasteiger partial charge in [0.2, 0.25) is 0 Å². The van der Waals surface area contributed by atoms with Crippen LogP contribution in [0.15, 0.2) is 181 Å². The third-order valence-electron chi connectivity index (χ3n) is 9.23. The first kappa shape index (κ1) is 27.1. The minimum atomic E-state index is 0.863. The Morgan fingerprint density at radius 2 is 1.02 bits per heavy atom. The van der Waals surface area contributed by atoms with E-state index < -0.39 is 0 Å². The van der Waals surface area contributed by atoms with Gasteiger partial charge in [-0.1, -0.05) is 109 Å². The maximum Gasteiger partial charge on any atom is 0.0669 e. The zero-order chi connectivity index (χ0) is 31.2. The van der Waals surface area contributed by atoms with Gasteiger partial charge in [0.25, 0.3) is 0 Å². The number of anilines is 3. The van der Waals surface area contributed by atoms with E-state index in [1.54, 1.807) is 0 Å². The Balaban J connectivity index is 1.17.